The molecular weight excluding hydrogens is 350 g/mol. The summed E-state index contributed by atoms with van der Waals surface area (Å²) in [6.45, 7) is 0.393. The Balaban J connectivity index is 1.90. The summed E-state index contributed by atoms with van der Waals surface area (Å²) in [5.74, 6) is -0.995. The van der Waals surface area contributed by atoms with Crippen molar-refractivity contribution in [3.8, 4) is 0 Å². The molecule has 0 aliphatic rings. The highest BCUT2D eigenvalue weighted by Crippen LogP contribution is 2.10. The van der Waals surface area contributed by atoms with Gasteiger partial charge in [-0.2, -0.15) is 0 Å². The van der Waals surface area contributed by atoms with Gasteiger partial charge >= 0.3 is 5.97 Å². The van der Waals surface area contributed by atoms with Gasteiger partial charge in [0.1, 0.15) is 0 Å². The minimum Gasteiger partial charge on any atom is -0.478 e. The van der Waals surface area contributed by atoms with Crippen molar-refractivity contribution in [2.45, 2.75) is 11.4 Å². The minimum absolute atomic E-state index is 0.0467. The van der Waals surface area contributed by atoms with Gasteiger partial charge in [-0.1, -0.05) is 12.1 Å². The minimum atomic E-state index is -3.70. The topological polar surface area (TPSA) is 122 Å². The molecular formula is C15H15N3O4S2. The quantitative estimate of drug-likeness (QED) is 0.593. The van der Waals surface area contributed by atoms with Crippen LogP contribution in [-0.4, -0.2) is 24.6 Å². The molecule has 0 unspecified atom stereocenters. The third-order valence-corrected chi connectivity index (χ3v) is 4.27. The lowest BCUT2D eigenvalue weighted by molar-refractivity contribution is 0.0697. The number of nitrogens with one attached hydrogen (secondary N) is 2. The van der Waals surface area contributed by atoms with Crippen molar-refractivity contribution in [1.29, 1.82) is 0 Å². The fourth-order valence-electron chi connectivity index (χ4n) is 1.85. The number of carbonyl (C=O) groups is 1. The number of benzene rings is 2. The van der Waals surface area contributed by atoms with E-state index in [0.717, 1.165) is 5.56 Å². The number of carboxylic acid groups (broad SMARTS) is 1. The average Bonchev–Trinajstić information content (AvgIpc) is 2.53. The van der Waals surface area contributed by atoms with Crippen molar-refractivity contribution in [2.75, 3.05) is 5.32 Å². The Kier molecular flexibility index (Phi) is 5.50. The summed E-state index contributed by atoms with van der Waals surface area (Å²) in [5.41, 5.74) is 1.67. The zero-order chi connectivity index (χ0) is 17.7. The average molecular weight is 365 g/mol. The van der Waals surface area contributed by atoms with Crippen LogP contribution in [0.25, 0.3) is 0 Å². The van der Waals surface area contributed by atoms with Crippen molar-refractivity contribution in [3.63, 3.8) is 0 Å². The third kappa shape index (κ3) is 5.01. The van der Waals surface area contributed by atoms with Gasteiger partial charge in [0.2, 0.25) is 10.0 Å². The smallest absolute Gasteiger partial charge is 0.335 e. The molecule has 2 aromatic carbocycles. The van der Waals surface area contributed by atoms with E-state index in [1.165, 1.54) is 24.3 Å². The number of sulfonamides is 1. The molecule has 2 aromatic rings. The van der Waals surface area contributed by atoms with Crippen molar-refractivity contribution >= 4 is 39.0 Å². The molecule has 2 rings (SSSR count). The first-order valence-electron chi connectivity index (χ1n) is 6.75. The lowest BCUT2D eigenvalue weighted by Crippen LogP contribution is -2.27. The molecule has 126 valence electrons. The molecule has 0 aliphatic heterocycles. The van der Waals surface area contributed by atoms with E-state index < -0.39 is 16.0 Å². The molecule has 0 heterocycles. The van der Waals surface area contributed by atoms with Crippen LogP contribution in [0.2, 0.25) is 0 Å². The second kappa shape index (κ2) is 7.39. The largest absolute Gasteiger partial charge is 0.478 e. The van der Waals surface area contributed by atoms with Gasteiger partial charge in [0.05, 0.1) is 10.5 Å². The summed E-state index contributed by atoms with van der Waals surface area (Å²) in [6.07, 6.45) is 0. The summed E-state index contributed by atoms with van der Waals surface area (Å²) in [5, 5.41) is 20.1. The normalized spacial score (nSPS) is 10.9. The fraction of sp³-hybridized carbons (Fsp3) is 0.0667. The lowest BCUT2D eigenvalue weighted by Gasteiger charge is -2.11. The fourth-order valence-corrected chi connectivity index (χ4v) is 2.56. The zero-order valence-electron chi connectivity index (χ0n) is 12.4. The Bertz CT molecular complexity index is 847. The number of carboxylic acids is 1. The van der Waals surface area contributed by atoms with Gasteiger partial charge in [-0.15, -0.1) is 0 Å². The SMILES string of the molecule is NS(=O)(=O)c1ccc(CNC(=S)Nc2ccc(C(=O)O)cc2)cc1. The predicted molar refractivity (Wildman–Crippen MR) is 94.3 cm³/mol. The summed E-state index contributed by atoms with van der Waals surface area (Å²) in [6, 6.07) is 12.3. The number of hydrogen-bond acceptors (Lipinski definition) is 4. The second-order valence-corrected chi connectivity index (χ2v) is 6.85. The molecule has 0 fully saturated rings. The number of rotatable bonds is 5. The Hall–Kier alpha value is -2.49. The van der Waals surface area contributed by atoms with Crippen LogP contribution >= 0.6 is 12.2 Å². The highest BCUT2D eigenvalue weighted by atomic mass is 32.2. The van der Waals surface area contributed by atoms with Gasteiger partial charge in [0.25, 0.3) is 0 Å². The van der Waals surface area contributed by atoms with Crippen LogP contribution in [0.4, 0.5) is 5.69 Å². The van der Waals surface area contributed by atoms with Crippen molar-refractivity contribution in [2.24, 2.45) is 5.14 Å². The number of thiocarbonyl (C=S) groups is 1. The Labute approximate surface area is 144 Å². The van der Waals surface area contributed by atoms with Gasteiger partial charge < -0.3 is 15.7 Å². The first-order chi connectivity index (χ1) is 11.3. The molecule has 0 aromatic heterocycles. The molecule has 0 radical (unpaired) electrons. The Morgan fingerprint density at radius 2 is 1.67 bits per heavy atom. The molecule has 0 amide bonds. The molecule has 0 saturated carbocycles. The maximum Gasteiger partial charge on any atom is 0.335 e. The number of hydrogen-bond donors (Lipinski definition) is 4. The van der Waals surface area contributed by atoms with E-state index in [2.05, 4.69) is 10.6 Å². The summed E-state index contributed by atoms with van der Waals surface area (Å²) >= 11 is 5.15. The lowest BCUT2D eigenvalue weighted by atomic mass is 10.2. The molecule has 7 nitrogen and oxygen atoms in total. The molecule has 0 atom stereocenters. The van der Waals surface area contributed by atoms with Gasteiger partial charge in [-0.25, -0.2) is 18.4 Å². The Morgan fingerprint density at radius 1 is 1.08 bits per heavy atom. The van der Waals surface area contributed by atoms with E-state index in [1.807, 2.05) is 0 Å². The van der Waals surface area contributed by atoms with Crippen LogP contribution in [0.1, 0.15) is 15.9 Å². The van der Waals surface area contributed by atoms with Gasteiger partial charge in [0.15, 0.2) is 5.11 Å². The van der Waals surface area contributed by atoms with E-state index in [4.69, 9.17) is 22.5 Å². The van der Waals surface area contributed by atoms with E-state index in [-0.39, 0.29) is 10.5 Å². The number of nitrogens with two attached hydrogens (primary N) is 1. The highest BCUT2D eigenvalue weighted by Gasteiger charge is 2.07. The maximum absolute atomic E-state index is 11.2. The van der Waals surface area contributed by atoms with Crippen molar-refractivity contribution in [1.82, 2.24) is 5.32 Å². The second-order valence-electron chi connectivity index (χ2n) is 4.88. The van der Waals surface area contributed by atoms with Crippen molar-refractivity contribution in [3.05, 3.63) is 59.7 Å². The molecule has 0 bridgehead atoms. The zero-order valence-corrected chi connectivity index (χ0v) is 14.0. The highest BCUT2D eigenvalue weighted by molar-refractivity contribution is 7.89. The van der Waals surface area contributed by atoms with Crippen LogP contribution in [-0.2, 0) is 16.6 Å². The van der Waals surface area contributed by atoms with Crippen molar-refractivity contribution < 1.29 is 18.3 Å². The molecule has 0 aliphatic carbocycles. The number of primary sulfonamides is 1. The van der Waals surface area contributed by atoms with E-state index in [1.54, 1.807) is 24.3 Å². The molecule has 5 N–H and O–H groups in total. The van der Waals surface area contributed by atoms with Crippen LogP contribution in [0.3, 0.4) is 0 Å². The van der Waals surface area contributed by atoms with E-state index >= 15 is 0 Å². The van der Waals surface area contributed by atoms with Crippen LogP contribution in [0.15, 0.2) is 53.4 Å². The molecule has 9 heteroatoms. The predicted octanol–water partition coefficient (Wildman–Crippen LogP) is 1.52. The Morgan fingerprint density at radius 3 is 2.17 bits per heavy atom. The summed E-state index contributed by atoms with van der Waals surface area (Å²) in [4.78, 5) is 10.8. The molecule has 0 saturated heterocycles. The standard InChI is InChI=1S/C15H15N3O4S2/c16-24(21,22)13-7-1-10(2-8-13)9-17-15(23)18-12-5-3-11(4-6-12)14(19)20/h1-8H,9H2,(H,19,20)(H2,16,21,22)(H2,17,18,23). The van der Waals surface area contributed by atoms with E-state index in [9.17, 15) is 13.2 Å². The van der Waals surface area contributed by atoms with Gasteiger partial charge in [0, 0.05) is 12.2 Å². The number of anilines is 1. The summed E-state index contributed by atoms with van der Waals surface area (Å²) in [7, 11) is -3.70. The van der Waals surface area contributed by atoms with Gasteiger partial charge in [-0.05, 0) is 54.2 Å². The van der Waals surface area contributed by atoms with Crippen LogP contribution in [0.5, 0.6) is 0 Å². The number of aromatic carboxylic acids is 1. The first-order valence-corrected chi connectivity index (χ1v) is 8.71. The van der Waals surface area contributed by atoms with Crippen LogP contribution in [0, 0.1) is 0 Å². The van der Waals surface area contributed by atoms with Crippen LogP contribution < -0.4 is 15.8 Å². The molecule has 24 heavy (non-hydrogen) atoms. The third-order valence-electron chi connectivity index (χ3n) is 3.09. The monoisotopic (exact) mass is 365 g/mol. The summed E-state index contributed by atoms with van der Waals surface area (Å²) < 4.78 is 22.3. The maximum atomic E-state index is 11.2. The van der Waals surface area contributed by atoms with E-state index in [0.29, 0.717) is 17.3 Å². The van der Waals surface area contributed by atoms with Gasteiger partial charge in [-0.3, -0.25) is 0 Å². The molecule has 0 spiro atoms. The first kappa shape index (κ1) is 17.9.